The molecule has 2 heterocycles. The minimum absolute atomic E-state index is 0.232. The van der Waals surface area contributed by atoms with Gasteiger partial charge in [-0.15, -0.1) is 5.11 Å². The number of rotatable bonds is 5. The molecule has 6 nitrogen and oxygen atoms in total. The van der Waals surface area contributed by atoms with Gasteiger partial charge in [0.15, 0.2) is 6.17 Å². The number of fused-ring (bicyclic) bond motifs is 1. The molecule has 4 rings (SSSR count). The lowest BCUT2D eigenvalue weighted by Gasteiger charge is -2.17. The minimum Gasteiger partial charge on any atom is -0.457 e. The Morgan fingerprint density at radius 1 is 1.20 bits per heavy atom. The van der Waals surface area contributed by atoms with Gasteiger partial charge in [0.25, 0.3) is 0 Å². The van der Waals surface area contributed by atoms with Crippen LogP contribution in [0.1, 0.15) is 48.4 Å². The van der Waals surface area contributed by atoms with Crippen LogP contribution >= 0.6 is 11.6 Å². The molecule has 1 aliphatic heterocycles. The van der Waals surface area contributed by atoms with Gasteiger partial charge in [-0.05, 0) is 47.4 Å². The third-order valence-electron chi connectivity index (χ3n) is 4.86. The van der Waals surface area contributed by atoms with Crippen molar-refractivity contribution >= 4 is 28.3 Å². The van der Waals surface area contributed by atoms with Crippen LogP contribution < -0.4 is 16.3 Å². The van der Waals surface area contributed by atoms with Crippen molar-refractivity contribution in [3.63, 3.8) is 0 Å². The Bertz CT molecular complexity index is 1110. The van der Waals surface area contributed by atoms with Gasteiger partial charge in [-0.25, -0.2) is 5.53 Å². The lowest BCUT2D eigenvalue weighted by Crippen LogP contribution is -2.23. The third-order valence-corrected chi connectivity index (χ3v) is 5.21. The van der Waals surface area contributed by atoms with E-state index in [0.29, 0.717) is 27.6 Å². The molecule has 1 aromatic heterocycles. The molecule has 1 aliphatic rings. The topological polar surface area (TPSA) is 74.0 Å². The van der Waals surface area contributed by atoms with Crippen molar-refractivity contribution in [1.29, 1.82) is 0 Å². The van der Waals surface area contributed by atoms with E-state index in [0.717, 1.165) is 11.5 Å². The summed E-state index contributed by atoms with van der Waals surface area (Å²) in [5, 5.41) is 11.9. The summed E-state index contributed by atoms with van der Waals surface area (Å²) in [5.74, 6) is 0.337. The number of hydrogen-bond acceptors (Lipinski definition) is 6. The maximum absolute atomic E-state index is 13.4. The number of nitrogens with zero attached hydrogens (tertiary/aromatic N) is 2. The summed E-state index contributed by atoms with van der Waals surface area (Å²) in [7, 11) is 0. The molecule has 10 heteroatoms. The van der Waals surface area contributed by atoms with Crippen LogP contribution in [0.3, 0.4) is 0 Å². The standard InChI is InChI=1S/C20H19ClF3N5O/c1-10(2)14-4-3-13(8-15(14)20(22,23)24)25-9-12-7-17-11(5-16(12)21)6-18(30-17)19-26-28-29-27-19/h3-8,10,19,25H,9H2,1-2H3,(H,26,29)(H,27,28). The van der Waals surface area contributed by atoms with Gasteiger partial charge in [-0.2, -0.15) is 18.6 Å². The lowest BCUT2D eigenvalue weighted by atomic mass is 9.96. The van der Waals surface area contributed by atoms with Gasteiger partial charge in [-0.1, -0.05) is 36.7 Å². The van der Waals surface area contributed by atoms with Gasteiger partial charge in [-0.3, -0.25) is 0 Å². The predicted octanol–water partition coefficient (Wildman–Crippen LogP) is 6.31. The number of nitrogens with one attached hydrogen (secondary N) is 3. The first-order valence-corrected chi connectivity index (χ1v) is 9.67. The second-order valence-electron chi connectivity index (χ2n) is 7.31. The number of alkyl halides is 3. The van der Waals surface area contributed by atoms with Crippen LogP contribution in [0.2, 0.25) is 5.02 Å². The normalized spacial score (nSPS) is 16.4. The number of benzene rings is 2. The maximum atomic E-state index is 13.4. The zero-order valence-electron chi connectivity index (χ0n) is 16.1. The largest absolute Gasteiger partial charge is 0.457 e. The van der Waals surface area contributed by atoms with Crippen molar-refractivity contribution in [3.05, 3.63) is 63.9 Å². The SMILES string of the molecule is CC(C)c1ccc(NCc2cc3oc(C4N=NNN4)cc3cc2Cl)cc1C(F)(F)F. The van der Waals surface area contributed by atoms with E-state index in [1.165, 1.54) is 6.07 Å². The average molecular weight is 438 g/mol. The van der Waals surface area contributed by atoms with E-state index >= 15 is 0 Å². The Balaban J connectivity index is 1.57. The van der Waals surface area contributed by atoms with Crippen LogP contribution in [0.15, 0.2) is 51.2 Å². The van der Waals surface area contributed by atoms with Gasteiger partial charge in [0.1, 0.15) is 11.3 Å². The maximum Gasteiger partial charge on any atom is 0.416 e. The van der Waals surface area contributed by atoms with Crippen LogP contribution in [-0.4, -0.2) is 0 Å². The molecule has 0 spiro atoms. The van der Waals surface area contributed by atoms with Crippen LogP contribution in [-0.2, 0) is 12.7 Å². The van der Waals surface area contributed by atoms with Crippen molar-refractivity contribution < 1.29 is 17.6 Å². The van der Waals surface area contributed by atoms with Gasteiger partial charge in [0.05, 0.1) is 5.56 Å². The van der Waals surface area contributed by atoms with Crippen LogP contribution in [0.4, 0.5) is 18.9 Å². The first kappa shape index (κ1) is 20.5. The highest BCUT2D eigenvalue weighted by Gasteiger charge is 2.34. The second kappa shape index (κ2) is 7.81. The first-order chi connectivity index (χ1) is 14.2. The van der Waals surface area contributed by atoms with Gasteiger partial charge >= 0.3 is 6.18 Å². The van der Waals surface area contributed by atoms with E-state index in [-0.39, 0.29) is 18.0 Å². The fourth-order valence-corrected chi connectivity index (χ4v) is 3.58. The molecular formula is C20H19ClF3N5O. The molecule has 1 atom stereocenters. The Hall–Kier alpha value is -2.78. The fourth-order valence-electron chi connectivity index (χ4n) is 3.34. The lowest BCUT2D eigenvalue weighted by molar-refractivity contribution is -0.138. The molecule has 0 aliphatic carbocycles. The number of anilines is 1. The highest BCUT2D eigenvalue weighted by Crippen LogP contribution is 2.37. The summed E-state index contributed by atoms with van der Waals surface area (Å²) >= 11 is 6.38. The number of hydrazine groups is 1. The molecule has 158 valence electrons. The van der Waals surface area contributed by atoms with Crippen molar-refractivity contribution in [2.45, 2.75) is 38.7 Å². The Kier molecular flexibility index (Phi) is 5.33. The van der Waals surface area contributed by atoms with Crippen molar-refractivity contribution in [2.75, 3.05) is 5.32 Å². The smallest absolute Gasteiger partial charge is 0.416 e. The predicted molar refractivity (Wildman–Crippen MR) is 108 cm³/mol. The summed E-state index contributed by atoms with van der Waals surface area (Å²) in [6.07, 6.45) is -4.85. The van der Waals surface area contributed by atoms with Gasteiger partial charge in [0.2, 0.25) is 0 Å². The molecule has 3 aromatic rings. The van der Waals surface area contributed by atoms with Crippen molar-refractivity contribution in [2.24, 2.45) is 10.3 Å². The molecule has 0 radical (unpaired) electrons. The monoisotopic (exact) mass is 437 g/mol. The second-order valence-corrected chi connectivity index (χ2v) is 7.72. The average Bonchev–Trinajstić information content (AvgIpc) is 3.34. The minimum atomic E-state index is -4.42. The number of furan rings is 1. The first-order valence-electron chi connectivity index (χ1n) is 9.29. The van der Waals surface area contributed by atoms with Gasteiger partial charge < -0.3 is 9.73 Å². The molecule has 2 aromatic carbocycles. The third kappa shape index (κ3) is 4.08. The van der Waals surface area contributed by atoms with E-state index in [4.69, 9.17) is 16.0 Å². The Morgan fingerprint density at radius 2 is 2.00 bits per heavy atom. The summed E-state index contributed by atoms with van der Waals surface area (Å²) in [5.41, 5.74) is 6.66. The summed E-state index contributed by atoms with van der Waals surface area (Å²) in [6.45, 7) is 3.72. The molecule has 30 heavy (non-hydrogen) atoms. The molecule has 0 saturated carbocycles. The van der Waals surface area contributed by atoms with Crippen molar-refractivity contribution in [3.8, 4) is 0 Å². The zero-order valence-corrected chi connectivity index (χ0v) is 16.9. The molecule has 0 saturated heterocycles. The van der Waals surface area contributed by atoms with Gasteiger partial charge in [0, 0.05) is 22.6 Å². The number of halogens is 4. The van der Waals surface area contributed by atoms with E-state index in [9.17, 15) is 13.2 Å². The highest BCUT2D eigenvalue weighted by molar-refractivity contribution is 6.32. The summed E-state index contributed by atoms with van der Waals surface area (Å²) in [4.78, 5) is 0. The van der Waals surface area contributed by atoms with Crippen LogP contribution in [0, 0.1) is 0 Å². The highest BCUT2D eigenvalue weighted by atomic mass is 35.5. The van der Waals surface area contributed by atoms with E-state index in [2.05, 4.69) is 26.6 Å². The van der Waals surface area contributed by atoms with E-state index < -0.39 is 17.9 Å². The fraction of sp³-hybridized carbons (Fsp3) is 0.300. The van der Waals surface area contributed by atoms with E-state index in [1.54, 1.807) is 32.0 Å². The molecule has 0 fully saturated rings. The number of hydrogen-bond donors (Lipinski definition) is 3. The summed E-state index contributed by atoms with van der Waals surface area (Å²) < 4.78 is 46.1. The quantitative estimate of drug-likeness (QED) is 0.437. The Morgan fingerprint density at radius 3 is 2.67 bits per heavy atom. The van der Waals surface area contributed by atoms with E-state index in [1.807, 2.05) is 6.07 Å². The van der Waals surface area contributed by atoms with Crippen LogP contribution in [0.25, 0.3) is 11.0 Å². The molecule has 0 amide bonds. The molecule has 1 unspecified atom stereocenters. The van der Waals surface area contributed by atoms with Crippen molar-refractivity contribution in [1.82, 2.24) is 11.0 Å². The molecular weight excluding hydrogens is 419 g/mol. The molecule has 0 bridgehead atoms. The molecule has 3 N–H and O–H groups in total. The summed E-state index contributed by atoms with van der Waals surface area (Å²) in [6, 6.07) is 9.62. The Labute approximate surface area is 175 Å². The van der Waals surface area contributed by atoms with Crippen LogP contribution in [0.5, 0.6) is 0 Å². The zero-order chi connectivity index (χ0) is 21.5.